The summed E-state index contributed by atoms with van der Waals surface area (Å²) >= 11 is 0. The molecule has 6 heteroatoms. The third kappa shape index (κ3) is 10.0. The fraction of sp³-hybridized carbons (Fsp3) is 0.188. The van der Waals surface area contributed by atoms with Crippen LogP contribution in [0.1, 0.15) is 22.3 Å². The van der Waals surface area contributed by atoms with E-state index in [-0.39, 0.29) is 0 Å². The van der Waals surface area contributed by atoms with E-state index < -0.39 is 0 Å². The smallest absolute Gasteiger partial charge is 0.119 e. The van der Waals surface area contributed by atoms with E-state index in [1.165, 1.54) is 0 Å². The summed E-state index contributed by atoms with van der Waals surface area (Å²) in [6.45, 7) is 3.02. The summed E-state index contributed by atoms with van der Waals surface area (Å²) in [6.07, 6.45) is 15.4. The van der Waals surface area contributed by atoms with Crippen LogP contribution in [0.25, 0.3) is 24.3 Å². The second-order valence-electron chi connectivity index (χ2n) is 8.29. The molecule has 0 atom stereocenters. The second kappa shape index (κ2) is 15.8. The maximum Gasteiger partial charge on any atom is 0.119 e. The topological polar surface area (TPSA) is 62.7 Å². The van der Waals surface area contributed by atoms with Crippen molar-refractivity contribution >= 4 is 24.3 Å². The van der Waals surface area contributed by atoms with Crippen molar-refractivity contribution in [1.82, 2.24) is 9.97 Å². The quantitative estimate of drug-likeness (QED) is 0.175. The van der Waals surface area contributed by atoms with Gasteiger partial charge in [0.2, 0.25) is 0 Å². The number of ether oxygens (including phenoxy) is 4. The summed E-state index contributed by atoms with van der Waals surface area (Å²) < 4.78 is 22.6. The Kier molecular flexibility index (Phi) is 11.1. The van der Waals surface area contributed by atoms with Crippen LogP contribution in [0.15, 0.2) is 97.6 Å². The van der Waals surface area contributed by atoms with Gasteiger partial charge in [0.25, 0.3) is 0 Å². The summed E-state index contributed by atoms with van der Waals surface area (Å²) in [5.74, 6) is 1.64. The third-order valence-corrected chi connectivity index (χ3v) is 5.47. The largest absolute Gasteiger partial charge is 0.491 e. The molecular formula is C32H32N2O4. The minimum atomic E-state index is 0.489. The molecule has 0 fully saturated rings. The Morgan fingerprint density at radius 3 is 1.08 bits per heavy atom. The van der Waals surface area contributed by atoms with Crippen LogP contribution in [-0.4, -0.2) is 49.6 Å². The van der Waals surface area contributed by atoms with Gasteiger partial charge in [0.15, 0.2) is 0 Å². The molecule has 0 saturated heterocycles. The van der Waals surface area contributed by atoms with E-state index in [0.717, 1.165) is 33.8 Å². The fourth-order valence-electron chi connectivity index (χ4n) is 3.44. The molecule has 4 aromatic rings. The van der Waals surface area contributed by atoms with Crippen LogP contribution < -0.4 is 9.47 Å². The van der Waals surface area contributed by atoms with Crippen LogP contribution in [-0.2, 0) is 9.47 Å². The fourth-order valence-corrected chi connectivity index (χ4v) is 3.44. The maximum atomic E-state index is 5.74. The van der Waals surface area contributed by atoms with Crippen LogP contribution in [0.5, 0.6) is 11.5 Å². The highest BCUT2D eigenvalue weighted by Crippen LogP contribution is 2.15. The van der Waals surface area contributed by atoms with E-state index in [0.29, 0.717) is 39.6 Å². The summed E-state index contributed by atoms with van der Waals surface area (Å²) in [5, 5.41) is 0. The zero-order chi connectivity index (χ0) is 26.1. The van der Waals surface area contributed by atoms with E-state index >= 15 is 0 Å². The lowest BCUT2D eigenvalue weighted by Crippen LogP contribution is -2.13. The summed E-state index contributed by atoms with van der Waals surface area (Å²) in [5.41, 5.74) is 4.45. The Hall–Kier alpha value is -4.26. The van der Waals surface area contributed by atoms with Crippen LogP contribution >= 0.6 is 0 Å². The Morgan fingerprint density at radius 1 is 0.395 bits per heavy atom. The van der Waals surface area contributed by atoms with Crippen molar-refractivity contribution in [2.75, 3.05) is 39.6 Å². The molecular weight excluding hydrogens is 476 g/mol. The highest BCUT2D eigenvalue weighted by atomic mass is 16.6. The van der Waals surface area contributed by atoms with Crippen molar-refractivity contribution in [3.8, 4) is 11.5 Å². The lowest BCUT2D eigenvalue weighted by molar-refractivity contribution is 0.0273. The highest BCUT2D eigenvalue weighted by Gasteiger charge is 1.97. The first-order valence-corrected chi connectivity index (χ1v) is 12.6. The molecule has 0 radical (unpaired) electrons. The molecule has 0 bridgehead atoms. The predicted octanol–water partition coefficient (Wildman–Crippen LogP) is 6.31. The molecule has 0 amide bonds. The number of nitrogens with zero attached hydrogens (tertiary/aromatic N) is 2. The number of hydrogen-bond acceptors (Lipinski definition) is 6. The van der Waals surface area contributed by atoms with Gasteiger partial charge in [-0.1, -0.05) is 48.6 Å². The van der Waals surface area contributed by atoms with Crippen molar-refractivity contribution in [1.29, 1.82) is 0 Å². The minimum absolute atomic E-state index is 0.489. The predicted molar refractivity (Wildman–Crippen MR) is 152 cm³/mol. The molecule has 2 aromatic heterocycles. The molecule has 38 heavy (non-hydrogen) atoms. The van der Waals surface area contributed by atoms with Gasteiger partial charge < -0.3 is 18.9 Å². The molecule has 2 aromatic carbocycles. The Balaban J connectivity index is 1.00. The van der Waals surface area contributed by atoms with Gasteiger partial charge in [-0.25, -0.2) is 0 Å². The van der Waals surface area contributed by atoms with Gasteiger partial charge >= 0.3 is 0 Å². The zero-order valence-corrected chi connectivity index (χ0v) is 21.3. The number of pyridine rings is 2. The van der Waals surface area contributed by atoms with Crippen LogP contribution in [0.3, 0.4) is 0 Å². The van der Waals surface area contributed by atoms with E-state index in [2.05, 4.69) is 34.3 Å². The van der Waals surface area contributed by atoms with Gasteiger partial charge in [-0.2, -0.15) is 0 Å². The van der Waals surface area contributed by atoms with Gasteiger partial charge in [-0.05, 0) is 70.8 Å². The molecule has 0 aliphatic rings. The average Bonchev–Trinajstić information content (AvgIpc) is 2.98. The number of benzene rings is 2. The van der Waals surface area contributed by atoms with E-state index in [4.69, 9.17) is 18.9 Å². The molecule has 0 spiro atoms. The van der Waals surface area contributed by atoms with Crippen molar-refractivity contribution in [3.63, 3.8) is 0 Å². The van der Waals surface area contributed by atoms with Gasteiger partial charge in [0.1, 0.15) is 24.7 Å². The van der Waals surface area contributed by atoms with Crippen molar-refractivity contribution in [3.05, 3.63) is 120 Å². The minimum Gasteiger partial charge on any atom is -0.491 e. The Morgan fingerprint density at radius 2 is 0.711 bits per heavy atom. The molecule has 0 saturated carbocycles. The first kappa shape index (κ1) is 26.8. The van der Waals surface area contributed by atoms with Gasteiger partial charge in [-0.15, -0.1) is 0 Å². The first-order valence-electron chi connectivity index (χ1n) is 12.6. The number of aromatic nitrogens is 2. The SMILES string of the molecule is C(=C\c1ccc(OCCOCCOCCOc2ccc(/C=C/c3ccncc3)cc2)cc1)/c1ccncc1. The van der Waals surface area contributed by atoms with Crippen molar-refractivity contribution in [2.45, 2.75) is 0 Å². The third-order valence-electron chi connectivity index (χ3n) is 5.47. The van der Waals surface area contributed by atoms with E-state index in [9.17, 15) is 0 Å². The molecule has 6 nitrogen and oxygen atoms in total. The molecule has 0 aliphatic heterocycles. The standard InChI is InChI=1S/C32H32N2O4/c1(3-29-13-17-33-18-14-29)27-5-9-31(10-6-27)37-25-23-35-21-22-36-24-26-38-32-11-7-28(8-12-32)2-4-30-15-19-34-20-16-30/h1-20H,21-26H2/b3-1+,4-2+. The monoisotopic (exact) mass is 508 g/mol. The average molecular weight is 509 g/mol. The number of hydrogen-bond donors (Lipinski definition) is 0. The second-order valence-corrected chi connectivity index (χ2v) is 8.29. The lowest BCUT2D eigenvalue weighted by Gasteiger charge is -2.09. The van der Waals surface area contributed by atoms with E-state index in [1.807, 2.05) is 72.8 Å². The Labute approximate surface area is 224 Å². The van der Waals surface area contributed by atoms with Gasteiger partial charge in [-0.3, -0.25) is 9.97 Å². The zero-order valence-electron chi connectivity index (χ0n) is 21.3. The van der Waals surface area contributed by atoms with Gasteiger partial charge in [0.05, 0.1) is 26.4 Å². The van der Waals surface area contributed by atoms with Crippen LogP contribution in [0.4, 0.5) is 0 Å². The van der Waals surface area contributed by atoms with Gasteiger partial charge in [0, 0.05) is 24.8 Å². The van der Waals surface area contributed by atoms with E-state index in [1.54, 1.807) is 24.8 Å². The molecule has 4 rings (SSSR count). The lowest BCUT2D eigenvalue weighted by atomic mass is 10.1. The normalized spacial score (nSPS) is 11.3. The van der Waals surface area contributed by atoms with Crippen LogP contribution in [0, 0.1) is 0 Å². The molecule has 194 valence electrons. The first-order chi connectivity index (χ1) is 18.8. The molecule has 0 aliphatic carbocycles. The molecule has 0 N–H and O–H groups in total. The maximum absolute atomic E-state index is 5.74. The van der Waals surface area contributed by atoms with Crippen molar-refractivity contribution in [2.24, 2.45) is 0 Å². The molecule has 0 unspecified atom stereocenters. The highest BCUT2D eigenvalue weighted by molar-refractivity contribution is 5.70. The summed E-state index contributed by atoms with van der Waals surface area (Å²) in [4.78, 5) is 8.05. The summed E-state index contributed by atoms with van der Waals surface area (Å²) in [7, 11) is 0. The summed E-state index contributed by atoms with van der Waals surface area (Å²) in [6, 6.07) is 23.8. The van der Waals surface area contributed by atoms with Crippen molar-refractivity contribution < 1.29 is 18.9 Å². The van der Waals surface area contributed by atoms with Crippen LogP contribution in [0.2, 0.25) is 0 Å². The molecule has 2 heterocycles. The Bertz CT molecular complexity index is 1140. The number of rotatable bonds is 15.